The van der Waals surface area contributed by atoms with E-state index in [0.29, 0.717) is 4.31 Å². The van der Waals surface area contributed by atoms with Crippen LogP contribution in [0.2, 0.25) is 0 Å². The number of para-hydroxylation sites is 2. The molecule has 0 bridgehead atoms. The number of nitrogen functional groups attached to an aromatic ring is 1. The van der Waals surface area contributed by atoms with Gasteiger partial charge in [0.1, 0.15) is 6.54 Å². The first-order valence-corrected chi connectivity index (χ1v) is 6.78. The summed E-state index contributed by atoms with van der Waals surface area (Å²) >= 11 is 0. The lowest BCUT2D eigenvalue weighted by molar-refractivity contribution is -0.135. The fourth-order valence-corrected chi connectivity index (χ4v) is 2.65. The number of hydrogen-bond acceptors (Lipinski definition) is 5. The molecule has 8 heteroatoms. The van der Waals surface area contributed by atoms with Gasteiger partial charge in [-0.15, -0.1) is 0 Å². The number of anilines is 2. The summed E-state index contributed by atoms with van der Waals surface area (Å²) in [6, 6.07) is 7.56. The number of carboxylic acids is 1. The second-order valence-corrected chi connectivity index (χ2v) is 5.95. The van der Waals surface area contributed by atoms with E-state index in [2.05, 4.69) is 0 Å². The van der Waals surface area contributed by atoms with Crippen LogP contribution in [0.4, 0.5) is 11.4 Å². The van der Waals surface area contributed by atoms with E-state index in [0.717, 1.165) is 0 Å². The highest BCUT2D eigenvalue weighted by atomic mass is 32.2. The summed E-state index contributed by atoms with van der Waals surface area (Å²) in [7, 11) is -4.11. The maximum absolute atomic E-state index is 12.1. The van der Waals surface area contributed by atoms with Crippen LogP contribution in [0.1, 0.15) is 6.92 Å². The van der Waals surface area contributed by atoms with E-state index in [1.807, 2.05) is 0 Å². The molecule has 1 rings (SSSR count). The molecule has 0 radical (unpaired) electrons. The topological polar surface area (TPSA) is 124 Å². The zero-order valence-corrected chi connectivity index (χ0v) is 11.0. The predicted molar refractivity (Wildman–Crippen MR) is 69.8 cm³/mol. The van der Waals surface area contributed by atoms with E-state index in [9.17, 15) is 13.2 Å². The zero-order valence-electron chi connectivity index (χ0n) is 10.1. The highest BCUT2D eigenvalue weighted by Gasteiger charge is 2.31. The molecule has 0 aromatic heterocycles. The number of hydrogen-bond donors (Lipinski definition) is 2. The Morgan fingerprint density at radius 2 is 2.11 bits per heavy atom. The van der Waals surface area contributed by atoms with Crippen molar-refractivity contribution in [1.29, 1.82) is 5.26 Å². The Hall–Kier alpha value is -2.27. The van der Waals surface area contributed by atoms with Crippen LogP contribution in [-0.2, 0) is 14.8 Å². The van der Waals surface area contributed by atoms with Crippen LogP contribution < -0.4 is 10.0 Å². The number of nitrogens with two attached hydrogens (primary N) is 1. The van der Waals surface area contributed by atoms with Gasteiger partial charge in [0.2, 0.25) is 0 Å². The molecule has 0 amide bonds. The average molecular weight is 283 g/mol. The Bertz CT molecular complexity index is 621. The van der Waals surface area contributed by atoms with Gasteiger partial charge in [-0.1, -0.05) is 12.1 Å². The number of rotatable bonds is 5. The first-order chi connectivity index (χ1) is 8.80. The van der Waals surface area contributed by atoms with Crippen LogP contribution in [-0.4, -0.2) is 31.3 Å². The molecule has 0 aliphatic carbocycles. The molecule has 1 aromatic rings. The summed E-state index contributed by atoms with van der Waals surface area (Å²) in [5.41, 5.74) is 5.82. The summed E-state index contributed by atoms with van der Waals surface area (Å²) < 4.78 is 24.9. The van der Waals surface area contributed by atoms with Crippen molar-refractivity contribution in [2.24, 2.45) is 0 Å². The summed E-state index contributed by atoms with van der Waals surface area (Å²) in [5, 5.41) is 16.2. The van der Waals surface area contributed by atoms with Crippen molar-refractivity contribution in [2.45, 2.75) is 12.2 Å². The number of nitrogens with zero attached hydrogens (tertiary/aromatic N) is 2. The summed E-state index contributed by atoms with van der Waals surface area (Å²) in [5.74, 6) is -1.34. The Balaban J connectivity index is 3.36. The van der Waals surface area contributed by atoms with Crippen molar-refractivity contribution in [3.8, 4) is 6.07 Å². The number of nitriles is 1. The molecule has 0 saturated carbocycles. The Morgan fingerprint density at radius 1 is 1.53 bits per heavy atom. The number of benzene rings is 1. The third-order valence-electron chi connectivity index (χ3n) is 2.42. The second-order valence-electron chi connectivity index (χ2n) is 3.78. The van der Waals surface area contributed by atoms with Crippen molar-refractivity contribution >= 4 is 27.4 Å². The number of sulfonamides is 1. The normalized spacial score (nSPS) is 12.4. The fraction of sp³-hybridized carbons (Fsp3) is 0.273. The monoisotopic (exact) mass is 283 g/mol. The molecule has 0 aliphatic rings. The van der Waals surface area contributed by atoms with Gasteiger partial charge in [-0.3, -0.25) is 9.10 Å². The van der Waals surface area contributed by atoms with E-state index < -0.39 is 27.8 Å². The number of carbonyl (C=O) groups is 1. The molecule has 1 atom stereocenters. The predicted octanol–water partition coefficient (Wildman–Crippen LogP) is 0.402. The molecule has 19 heavy (non-hydrogen) atoms. The lowest BCUT2D eigenvalue weighted by Crippen LogP contribution is -2.40. The molecule has 0 heterocycles. The molecule has 1 aromatic carbocycles. The lowest BCUT2D eigenvalue weighted by atomic mass is 10.3. The van der Waals surface area contributed by atoms with Crippen LogP contribution >= 0.6 is 0 Å². The highest BCUT2D eigenvalue weighted by molar-refractivity contribution is 7.93. The van der Waals surface area contributed by atoms with E-state index >= 15 is 0 Å². The number of aliphatic carboxylic acids is 1. The van der Waals surface area contributed by atoms with E-state index in [4.69, 9.17) is 16.1 Å². The van der Waals surface area contributed by atoms with Gasteiger partial charge in [-0.2, -0.15) is 5.26 Å². The SMILES string of the molecule is CC(C#N)S(=O)(=O)N(CC(=O)O)c1ccccc1N. The summed E-state index contributed by atoms with van der Waals surface area (Å²) in [6.45, 7) is 0.395. The first kappa shape index (κ1) is 14.8. The highest BCUT2D eigenvalue weighted by Crippen LogP contribution is 2.26. The van der Waals surface area contributed by atoms with Crippen LogP contribution in [0.15, 0.2) is 24.3 Å². The van der Waals surface area contributed by atoms with Gasteiger partial charge in [-0.25, -0.2) is 8.42 Å². The fourth-order valence-electron chi connectivity index (χ4n) is 1.41. The van der Waals surface area contributed by atoms with E-state index in [-0.39, 0.29) is 11.4 Å². The van der Waals surface area contributed by atoms with E-state index in [1.165, 1.54) is 25.1 Å². The minimum absolute atomic E-state index is 0.0481. The van der Waals surface area contributed by atoms with Crippen LogP contribution in [0.3, 0.4) is 0 Å². The average Bonchev–Trinajstić information content (AvgIpc) is 2.35. The molecule has 7 nitrogen and oxygen atoms in total. The number of carboxylic acid groups (broad SMARTS) is 1. The van der Waals surface area contributed by atoms with Gasteiger partial charge in [0.15, 0.2) is 5.25 Å². The molecular formula is C11H13N3O4S. The summed E-state index contributed by atoms with van der Waals surface area (Å²) in [4.78, 5) is 10.8. The first-order valence-electron chi connectivity index (χ1n) is 5.28. The maximum atomic E-state index is 12.1. The van der Waals surface area contributed by atoms with Crippen molar-refractivity contribution in [2.75, 3.05) is 16.6 Å². The van der Waals surface area contributed by atoms with Gasteiger partial charge in [0.05, 0.1) is 17.4 Å². The molecule has 3 N–H and O–H groups in total. The minimum Gasteiger partial charge on any atom is -0.480 e. The van der Waals surface area contributed by atoms with Crippen LogP contribution in [0.5, 0.6) is 0 Å². The molecule has 0 fully saturated rings. The standard InChI is InChI=1S/C11H13N3O4S/c1-8(6-12)19(17,18)14(7-11(15)16)10-5-3-2-4-9(10)13/h2-5,8H,7,13H2,1H3,(H,15,16). The van der Waals surface area contributed by atoms with Crippen molar-refractivity contribution in [1.82, 2.24) is 0 Å². The molecule has 0 saturated heterocycles. The van der Waals surface area contributed by atoms with Crippen LogP contribution in [0, 0.1) is 11.3 Å². The maximum Gasteiger partial charge on any atom is 0.324 e. The van der Waals surface area contributed by atoms with Gasteiger partial charge < -0.3 is 10.8 Å². The molecule has 1 unspecified atom stereocenters. The van der Waals surface area contributed by atoms with Crippen molar-refractivity contribution in [3.63, 3.8) is 0 Å². The van der Waals surface area contributed by atoms with Gasteiger partial charge >= 0.3 is 5.97 Å². The smallest absolute Gasteiger partial charge is 0.324 e. The van der Waals surface area contributed by atoms with E-state index in [1.54, 1.807) is 12.1 Å². The molecule has 0 spiro atoms. The third-order valence-corrected chi connectivity index (χ3v) is 4.36. The zero-order chi connectivity index (χ0) is 14.6. The summed E-state index contributed by atoms with van der Waals surface area (Å²) in [6.07, 6.45) is 0. The second kappa shape index (κ2) is 5.58. The Labute approximate surface area is 110 Å². The molecule has 102 valence electrons. The lowest BCUT2D eigenvalue weighted by Gasteiger charge is -2.24. The largest absolute Gasteiger partial charge is 0.480 e. The Morgan fingerprint density at radius 3 is 2.58 bits per heavy atom. The van der Waals surface area contributed by atoms with Crippen LogP contribution in [0.25, 0.3) is 0 Å². The van der Waals surface area contributed by atoms with Crippen molar-refractivity contribution < 1.29 is 18.3 Å². The quantitative estimate of drug-likeness (QED) is 0.754. The Kier molecular flexibility index (Phi) is 4.34. The van der Waals surface area contributed by atoms with Gasteiger partial charge in [-0.05, 0) is 19.1 Å². The molecular weight excluding hydrogens is 270 g/mol. The minimum atomic E-state index is -4.11. The third kappa shape index (κ3) is 3.14. The van der Waals surface area contributed by atoms with Gasteiger partial charge in [0, 0.05) is 0 Å². The van der Waals surface area contributed by atoms with Crippen molar-refractivity contribution in [3.05, 3.63) is 24.3 Å². The molecule has 0 aliphatic heterocycles. The van der Waals surface area contributed by atoms with Gasteiger partial charge in [0.25, 0.3) is 10.0 Å².